The van der Waals surface area contributed by atoms with Crippen LogP contribution in [0, 0.1) is 10.1 Å². The Morgan fingerprint density at radius 2 is 1.76 bits per heavy atom. The van der Waals surface area contributed by atoms with Gasteiger partial charge in [0, 0.05) is 39.3 Å². The van der Waals surface area contributed by atoms with Crippen molar-refractivity contribution in [2.45, 2.75) is 43.0 Å². The van der Waals surface area contributed by atoms with Crippen LogP contribution in [-0.4, -0.2) is 34.4 Å². The number of para-hydroxylation sites is 1. The van der Waals surface area contributed by atoms with Gasteiger partial charge in [-0.15, -0.1) is 0 Å². The summed E-state index contributed by atoms with van der Waals surface area (Å²) >= 11 is 19.5. The average molecular weight is 559 g/mol. The summed E-state index contributed by atoms with van der Waals surface area (Å²) in [5.41, 5.74) is 1.26. The van der Waals surface area contributed by atoms with E-state index in [1.165, 1.54) is 0 Å². The molecule has 37 heavy (non-hydrogen) atoms. The van der Waals surface area contributed by atoms with Crippen molar-refractivity contribution in [1.29, 1.82) is 0 Å². The number of ether oxygens (including phenoxy) is 1. The molecule has 3 aliphatic rings. The van der Waals surface area contributed by atoms with Crippen molar-refractivity contribution in [1.82, 2.24) is 4.90 Å². The monoisotopic (exact) mass is 557 g/mol. The SMILES string of the molecule is O=C1Nc2ccccc2[C@]12[C@H]([N+](=O)[O-])[C@H](c1cc(Cl)c(OCc3ccccc3Cl)c(Cl)c1)[C@@H]1CCCN12. The van der Waals surface area contributed by atoms with Gasteiger partial charge in [0.1, 0.15) is 6.61 Å². The molecule has 4 atom stereocenters. The highest BCUT2D eigenvalue weighted by atomic mass is 35.5. The van der Waals surface area contributed by atoms with Gasteiger partial charge in [0.2, 0.25) is 0 Å². The van der Waals surface area contributed by atoms with Crippen LogP contribution in [0.25, 0.3) is 0 Å². The first-order valence-electron chi connectivity index (χ1n) is 12.0. The molecule has 7 nitrogen and oxygen atoms in total. The van der Waals surface area contributed by atoms with E-state index in [1.807, 2.05) is 41.3 Å². The molecule has 3 aromatic carbocycles. The summed E-state index contributed by atoms with van der Waals surface area (Å²) in [5.74, 6) is -0.673. The van der Waals surface area contributed by atoms with Gasteiger partial charge in [-0.3, -0.25) is 19.8 Å². The highest BCUT2D eigenvalue weighted by molar-refractivity contribution is 6.37. The van der Waals surface area contributed by atoms with Gasteiger partial charge < -0.3 is 10.1 Å². The van der Waals surface area contributed by atoms with Crippen molar-refractivity contribution in [3.05, 3.63) is 103 Å². The Labute approximate surface area is 228 Å². The molecular formula is C27H22Cl3N3O4. The second-order valence-corrected chi connectivity index (χ2v) is 10.8. The zero-order chi connectivity index (χ0) is 25.9. The number of anilines is 1. The van der Waals surface area contributed by atoms with Gasteiger partial charge in [0.05, 0.1) is 16.0 Å². The molecule has 2 saturated heterocycles. The van der Waals surface area contributed by atoms with E-state index < -0.39 is 17.5 Å². The summed E-state index contributed by atoms with van der Waals surface area (Å²) in [6, 6.07) is 16.5. The van der Waals surface area contributed by atoms with E-state index in [0.29, 0.717) is 28.4 Å². The Morgan fingerprint density at radius 3 is 2.49 bits per heavy atom. The van der Waals surface area contributed by atoms with Crippen LogP contribution in [0.15, 0.2) is 60.7 Å². The first-order chi connectivity index (χ1) is 17.8. The molecular weight excluding hydrogens is 537 g/mol. The molecule has 0 aliphatic carbocycles. The molecule has 10 heteroatoms. The molecule has 190 valence electrons. The molecule has 6 rings (SSSR count). The number of hydrogen-bond acceptors (Lipinski definition) is 5. The molecule has 3 heterocycles. The second-order valence-electron chi connectivity index (χ2n) is 9.62. The number of nitrogens with zero attached hydrogens (tertiary/aromatic N) is 2. The zero-order valence-electron chi connectivity index (χ0n) is 19.5. The predicted octanol–water partition coefficient (Wildman–Crippen LogP) is 6.28. The van der Waals surface area contributed by atoms with Crippen LogP contribution in [0.5, 0.6) is 5.75 Å². The third-order valence-corrected chi connectivity index (χ3v) is 8.76. The maximum absolute atomic E-state index is 13.6. The maximum Gasteiger partial charge on any atom is 0.256 e. The summed E-state index contributed by atoms with van der Waals surface area (Å²) in [5, 5.41) is 16.7. The van der Waals surface area contributed by atoms with Gasteiger partial charge >= 0.3 is 0 Å². The van der Waals surface area contributed by atoms with Crippen LogP contribution < -0.4 is 10.1 Å². The lowest BCUT2D eigenvalue weighted by Crippen LogP contribution is -2.55. The molecule has 1 spiro atoms. The number of rotatable bonds is 5. The van der Waals surface area contributed by atoms with Crippen LogP contribution in [0.3, 0.4) is 0 Å². The van der Waals surface area contributed by atoms with Gasteiger partial charge in [-0.05, 0) is 42.7 Å². The van der Waals surface area contributed by atoms with Gasteiger partial charge in [-0.1, -0.05) is 71.2 Å². The first kappa shape index (κ1) is 24.5. The van der Waals surface area contributed by atoms with E-state index in [0.717, 1.165) is 18.4 Å². The minimum atomic E-state index is -1.40. The van der Waals surface area contributed by atoms with Crippen molar-refractivity contribution in [3.63, 3.8) is 0 Å². The summed E-state index contributed by atoms with van der Waals surface area (Å²) in [7, 11) is 0. The predicted molar refractivity (Wildman–Crippen MR) is 142 cm³/mol. The Morgan fingerprint density at radius 1 is 1.05 bits per heavy atom. The number of hydrogen-bond donors (Lipinski definition) is 1. The van der Waals surface area contributed by atoms with Crippen LogP contribution in [0.2, 0.25) is 15.1 Å². The first-order valence-corrected chi connectivity index (χ1v) is 13.1. The summed E-state index contributed by atoms with van der Waals surface area (Å²) in [6.45, 7) is 0.754. The van der Waals surface area contributed by atoms with Crippen LogP contribution in [-0.2, 0) is 16.9 Å². The molecule has 3 aliphatic heterocycles. The van der Waals surface area contributed by atoms with Gasteiger partial charge in [-0.2, -0.15) is 0 Å². The fourth-order valence-corrected chi connectivity index (χ4v) is 7.25. The molecule has 1 N–H and O–H groups in total. The number of carbonyl (C=O) groups is 1. The number of benzene rings is 3. The van der Waals surface area contributed by atoms with Crippen molar-refractivity contribution in [2.24, 2.45) is 0 Å². The number of amides is 1. The van der Waals surface area contributed by atoms with E-state index in [1.54, 1.807) is 24.3 Å². The molecule has 3 aromatic rings. The van der Waals surface area contributed by atoms with E-state index in [9.17, 15) is 14.9 Å². The topological polar surface area (TPSA) is 84.7 Å². The fraction of sp³-hybridized carbons (Fsp3) is 0.296. The molecule has 0 unspecified atom stereocenters. The zero-order valence-corrected chi connectivity index (χ0v) is 21.8. The lowest BCUT2D eigenvalue weighted by Gasteiger charge is -2.32. The van der Waals surface area contributed by atoms with Crippen LogP contribution >= 0.6 is 34.8 Å². The Hall–Kier alpha value is -2.84. The maximum atomic E-state index is 13.6. The number of nitrogens with one attached hydrogen (secondary N) is 1. The number of carbonyl (C=O) groups excluding carboxylic acids is 1. The third-order valence-electron chi connectivity index (χ3n) is 7.83. The van der Waals surface area contributed by atoms with Gasteiger partial charge in [-0.25, -0.2) is 0 Å². The fourth-order valence-electron chi connectivity index (χ4n) is 6.45. The average Bonchev–Trinajstić information content (AvgIpc) is 3.52. The van der Waals surface area contributed by atoms with Gasteiger partial charge in [0.15, 0.2) is 11.3 Å². The Kier molecular flexibility index (Phi) is 6.07. The lowest BCUT2D eigenvalue weighted by atomic mass is 9.77. The van der Waals surface area contributed by atoms with Crippen LogP contribution in [0.1, 0.15) is 35.4 Å². The van der Waals surface area contributed by atoms with E-state index >= 15 is 0 Å². The highest BCUT2D eigenvalue weighted by Crippen LogP contribution is 2.58. The van der Waals surface area contributed by atoms with E-state index in [4.69, 9.17) is 39.5 Å². The lowest BCUT2D eigenvalue weighted by molar-refractivity contribution is -0.534. The minimum absolute atomic E-state index is 0.163. The summed E-state index contributed by atoms with van der Waals surface area (Å²) in [4.78, 5) is 28.1. The smallest absolute Gasteiger partial charge is 0.256 e. The minimum Gasteiger partial charge on any atom is -0.486 e. The van der Waals surface area contributed by atoms with Gasteiger partial charge in [0.25, 0.3) is 11.9 Å². The Balaban J connectivity index is 1.42. The summed E-state index contributed by atoms with van der Waals surface area (Å²) in [6.07, 6.45) is 1.56. The number of fused-ring (bicyclic) bond motifs is 4. The number of halogens is 3. The molecule has 1 amide bonds. The van der Waals surface area contributed by atoms with Crippen molar-refractivity contribution in [3.8, 4) is 5.75 Å². The quantitative estimate of drug-likeness (QED) is 0.294. The van der Waals surface area contributed by atoms with E-state index in [2.05, 4.69) is 5.32 Å². The van der Waals surface area contributed by atoms with Crippen LogP contribution in [0.4, 0.5) is 5.69 Å². The third kappa shape index (κ3) is 3.63. The molecule has 0 aromatic heterocycles. The largest absolute Gasteiger partial charge is 0.486 e. The standard InChI is InChI=1S/C27H22Cl3N3O4/c28-18-8-3-1-6-15(18)14-37-24-19(29)12-16(13-20(24)30)23-22-10-5-11-32(22)27(25(23)33(35)36)17-7-2-4-9-21(17)31-26(27)34/h1-4,6-9,12-13,22-23,25H,5,10-11,14H2,(H,31,34)/t22-,23+,25+,27-/m0/s1. The molecule has 0 bridgehead atoms. The molecule has 2 fully saturated rings. The second kappa shape index (κ2) is 9.17. The normalized spacial score (nSPS) is 26.2. The van der Waals surface area contributed by atoms with Crippen molar-refractivity contribution in [2.75, 3.05) is 11.9 Å². The Bertz CT molecular complexity index is 1410. The van der Waals surface area contributed by atoms with E-state index in [-0.39, 0.29) is 39.3 Å². The molecule has 0 radical (unpaired) electrons. The molecule has 0 saturated carbocycles. The van der Waals surface area contributed by atoms with Crippen molar-refractivity contribution < 1.29 is 14.5 Å². The highest BCUT2D eigenvalue weighted by Gasteiger charge is 2.73. The van der Waals surface area contributed by atoms with Crippen molar-refractivity contribution >= 4 is 46.4 Å². The number of nitro groups is 1. The summed E-state index contributed by atoms with van der Waals surface area (Å²) < 4.78 is 5.91.